The van der Waals surface area contributed by atoms with Crippen molar-refractivity contribution in [3.63, 3.8) is 0 Å². The monoisotopic (exact) mass is 410 g/mol. The van der Waals surface area contributed by atoms with Gasteiger partial charge in [-0.1, -0.05) is 0 Å². The van der Waals surface area contributed by atoms with Gasteiger partial charge in [-0.25, -0.2) is 0 Å². The van der Waals surface area contributed by atoms with Gasteiger partial charge in [-0.05, 0) is 55.4 Å². The Bertz CT molecular complexity index is 544. The molecule has 29 heavy (non-hydrogen) atoms. The van der Waals surface area contributed by atoms with Gasteiger partial charge in [0.1, 0.15) is 0 Å². The molecule has 2 N–H and O–H groups in total. The summed E-state index contributed by atoms with van der Waals surface area (Å²) in [6.45, 7) is 20.3. The van der Waals surface area contributed by atoms with Gasteiger partial charge in [0, 0.05) is 47.8 Å². The molecule has 0 saturated carbocycles. The Morgan fingerprint density at radius 1 is 0.448 bits per heavy atom. The van der Waals surface area contributed by atoms with E-state index in [2.05, 4.69) is 66.0 Å². The molecule has 0 amide bonds. The molecule has 4 heterocycles. The molecule has 0 aliphatic carbocycles. The molecule has 0 atom stereocenters. The highest BCUT2D eigenvalue weighted by atomic mass is 16.7. The van der Waals surface area contributed by atoms with Crippen molar-refractivity contribution in [3.05, 3.63) is 0 Å². The van der Waals surface area contributed by atoms with Crippen LogP contribution in [0.15, 0.2) is 0 Å². The molecule has 4 aliphatic heterocycles. The lowest BCUT2D eigenvalue weighted by Gasteiger charge is -2.59. The van der Waals surface area contributed by atoms with Crippen LogP contribution in [0.3, 0.4) is 0 Å². The Hall–Kier alpha value is -0.240. The molecule has 6 heteroatoms. The van der Waals surface area contributed by atoms with E-state index in [0.717, 1.165) is 25.7 Å². The predicted molar refractivity (Wildman–Crippen MR) is 113 cm³/mol. The molecule has 4 rings (SSSR count). The zero-order valence-electron chi connectivity index (χ0n) is 19.8. The lowest BCUT2D eigenvalue weighted by atomic mass is 9.76. The maximum absolute atomic E-state index is 6.49. The third kappa shape index (κ3) is 4.53. The van der Waals surface area contributed by atoms with Gasteiger partial charge in [0.2, 0.25) is 0 Å². The van der Waals surface area contributed by atoms with E-state index in [9.17, 15) is 0 Å². The molecule has 4 saturated heterocycles. The minimum atomic E-state index is -0.516. The fraction of sp³-hybridized carbons (Fsp3) is 1.00. The summed E-state index contributed by atoms with van der Waals surface area (Å²) in [5, 5.41) is 7.43. The molecule has 4 fully saturated rings. The summed E-state index contributed by atoms with van der Waals surface area (Å²) in [5.41, 5.74) is -0.316. The summed E-state index contributed by atoms with van der Waals surface area (Å²) in [7, 11) is 0. The molecule has 0 aromatic carbocycles. The third-order valence-electron chi connectivity index (χ3n) is 6.76. The molecule has 0 unspecified atom stereocenters. The molecular formula is C23H42N2O4. The first kappa shape index (κ1) is 22.0. The maximum Gasteiger partial charge on any atom is 0.171 e. The van der Waals surface area contributed by atoms with Gasteiger partial charge < -0.3 is 29.6 Å². The first-order valence-electron chi connectivity index (χ1n) is 11.2. The maximum atomic E-state index is 6.49. The second kappa shape index (κ2) is 6.39. The number of piperidine rings is 2. The molecule has 0 aromatic rings. The number of ether oxygens (including phenoxy) is 4. The van der Waals surface area contributed by atoms with Gasteiger partial charge in [0.25, 0.3) is 0 Å². The van der Waals surface area contributed by atoms with E-state index in [1.807, 2.05) is 0 Å². The number of rotatable bonds is 0. The smallest absolute Gasteiger partial charge is 0.171 e. The molecule has 0 radical (unpaired) electrons. The number of hydrogen-bond donors (Lipinski definition) is 2. The van der Waals surface area contributed by atoms with Crippen LogP contribution in [-0.4, -0.2) is 60.2 Å². The van der Waals surface area contributed by atoms with Crippen LogP contribution in [0.25, 0.3) is 0 Å². The van der Waals surface area contributed by atoms with E-state index >= 15 is 0 Å². The predicted octanol–water partition coefficient (Wildman–Crippen LogP) is 3.34. The molecule has 4 aliphatic rings. The van der Waals surface area contributed by atoms with Crippen molar-refractivity contribution in [1.82, 2.24) is 10.6 Å². The quantitative estimate of drug-likeness (QED) is 0.639. The van der Waals surface area contributed by atoms with Crippen molar-refractivity contribution < 1.29 is 18.9 Å². The Balaban J connectivity index is 1.42. The molecule has 3 spiro atoms. The van der Waals surface area contributed by atoms with Gasteiger partial charge in [-0.15, -0.1) is 0 Å². The molecule has 6 nitrogen and oxygen atoms in total. The summed E-state index contributed by atoms with van der Waals surface area (Å²) in [6.07, 6.45) is 3.39. The molecule has 168 valence electrons. The van der Waals surface area contributed by atoms with Crippen LogP contribution < -0.4 is 10.6 Å². The molecule has 0 aromatic heterocycles. The van der Waals surface area contributed by atoms with Crippen molar-refractivity contribution in [1.29, 1.82) is 0 Å². The Morgan fingerprint density at radius 3 is 0.931 bits per heavy atom. The fourth-order valence-electron chi connectivity index (χ4n) is 6.71. The van der Waals surface area contributed by atoms with Crippen LogP contribution in [0.1, 0.15) is 81.1 Å². The standard InChI is InChI=1S/C23H42N2O4/c1-17(2)9-22(10-18(3,4)24-17)26-13-21(14-27-22)15-28-23(29-16-21)11-19(5,6)25-20(7,8)12-23/h24-25H,9-16H2,1-8H3. The van der Waals surface area contributed by atoms with Crippen LogP contribution in [0, 0.1) is 5.41 Å². The first-order valence-corrected chi connectivity index (χ1v) is 11.2. The van der Waals surface area contributed by atoms with Gasteiger partial charge >= 0.3 is 0 Å². The van der Waals surface area contributed by atoms with E-state index in [-0.39, 0.29) is 27.6 Å². The molecular weight excluding hydrogens is 368 g/mol. The minimum absolute atomic E-state index is 0.0257. The highest BCUT2D eigenvalue weighted by Crippen LogP contribution is 2.48. The highest BCUT2D eigenvalue weighted by molar-refractivity contribution is 5.06. The third-order valence-corrected chi connectivity index (χ3v) is 6.76. The summed E-state index contributed by atoms with van der Waals surface area (Å²) in [6, 6.07) is 0. The number of hydrogen-bond acceptors (Lipinski definition) is 6. The topological polar surface area (TPSA) is 61.0 Å². The molecule has 0 bridgehead atoms. The lowest BCUT2D eigenvalue weighted by Crippen LogP contribution is -2.70. The van der Waals surface area contributed by atoms with Crippen LogP contribution in [-0.2, 0) is 18.9 Å². The largest absolute Gasteiger partial charge is 0.349 e. The van der Waals surface area contributed by atoms with Gasteiger partial charge in [0.15, 0.2) is 11.6 Å². The summed E-state index contributed by atoms with van der Waals surface area (Å²) in [4.78, 5) is 0. The first-order chi connectivity index (χ1) is 13.1. The van der Waals surface area contributed by atoms with Crippen LogP contribution in [0.2, 0.25) is 0 Å². The van der Waals surface area contributed by atoms with Crippen molar-refractivity contribution >= 4 is 0 Å². The van der Waals surface area contributed by atoms with Crippen LogP contribution in [0.4, 0.5) is 0 Å². The van der Waals surface area contributed by atoms with Gasteiger partial charge in [0.05, 0.1) is 31.8 Å². The minimum Gasteiger partial charge on any atom is -0.349 e. The summed E-state index contributed by atoms with van der Waals surface area (Å²) in [5.74, 6) is -1.03. The Kier molecular flexibility index (Phi) is 4.84. The average Bonchev–Trinajstić information content (AvgIpc) is 2.47. The van der Waals surface area contributed by atoms with Gasteiger partial charge in [-0.2, -0.15) is 0 Å². The van der Waals surface area contributed by atoms with Crippen LogP contribution >= 0.6 is 0 Å². The summed E-state index contributed by atoms with van der Waals surface area (Å²) < 4.78 is 26.0. The summed E-state index contributed by atoms with van der Waals surface area (Å²) >= 11 is 0. The van der Waals surface area contributed by atoms with E-state index in [1.54, 1.807) is 0 Å². The van der Waals surface area contributed by atoms with E-state index in [4.69, 9.17) is 18.9 Å². The van der Waals surface area contributed by atoms with Crippen LogP contribution in [0.5, 0.6) is 0 Å². The second-order valence-electron chi connectivity index (χ2n) is 13.0. The Morgan fingerprint density at radius 2 is 0.690 bits per heavy atom. The lowest BCUT2D eigenvalue weighted by molar-refractivity contribution is -0.386. The Labute approximate surface area is 176 Å². The normalized spacial score (nSPS) is 35.6. The number of nitrogens with one attached hydrogen (secondary N) is 2. The average molecular weight is 411 g/mol. The van der Waals surface area contributed by atoms with Crippen molar-refractivity contribution in [3.8, 4) is 0 Å². The second-order valence-corrected chi connectivity index (χ2v) is 13.0. The van der Waals surface area contributed by atoms with Crippen molar-refractivity contribution in [2.45, 2.75) is 115 Å². The van der Waals surface area contributed by atoms with Crippen molar-refractivity contribution in [2.75, 3.05) is 26.4 Å². The van der Waals surface area contributed by atoms with Crippen molar-refractivity contribution in [2.24, 2.45) is 5.41 Å². The zero-order chi connectivity index (χ0) is 21.4. The van der Waals surface area contributed by atoms with Gasteiger partial charge in [-0.3, -0.25) is 0 Å². The zero-order valence-corrected chi connectivity index (χ0v) is 19.8. The van der Waals surface area contributed by atoms with E-state index in [0.29, 0.717) is 26.4 Å². The SMILES string of the molecule is CC1(C)CC2(CC(C)(C)N1)OCC1(CO2)COC2(CC(C)(C)NC(C)(C)C2)OC1. The van der Waals surface area contributed by atoms with E-state index < -0.39 is 11.6 Å². The highest BCUT2D eigenvalue weighted by Gasteiger charge is 2.57. The van der Waals surface area contributed by atoms with E-state index in [1.165, 1.54) is 0 Å². The fourth-order valence-corrected chi connectivity index (χ4v) is 6.71.